The smallest absolute Gasteiger partial charge is 0.154 e. The Morgan fingerprint density at radius 2 is 1.94 bits per heavy atom. The van der Waals surface area contributed by atoms with Gasteiger partial charge in [-0.25, -0.2) is 4.39 Å². The van der Waals surface area contributed by atoms with Crippen LogP contribution in [0.15, 0.2) is 42.1 Å². The molecule has 8 heteroatoms. The molecule has 6 N–H and O–H groups in total. The van der Waals surface area contributed by atoms with E-state index in [-0.39, 0.29) is 5.75 Å². The molecule has 176 valence electrons. The van der Waals surface area contributed by atoms with Gasteiger partial charge in [0.1, 0.15) is 11.6 Å². The number of phenolic OH excluding ortho intramolecular Hbond substituents is 1. The number of rotatable bonds is 13. The van der Waals surface area contributed by atoms with Crippen LogP contribution in [0.2, 0.25) is 0 Å². The minimum Gasteiger partial charge on any atom is -0.508 e. The second-order valence-electron chi connectivity index (χ2n) is 7.95. The molecule has 32 heavy (non-hydrogen) atoms. The number of hydroxylamine groups is 2. The summed E-state index contributed by atoms with van der Waals surface area (Å²) < 4.78 is 13.1. The zero-order chi connectivity index (χ0) is 23.5. The van der Waals surface area contributed by atoms with Gasteiger partial charge in [-0.1, -0.05) is 18.2 Å². The second kappa shape index (κ2) is 13.0. The monoisotopic (exact) mass is 445 g/mol. The van der Waals surface area contributed by atoms with Gasteiger partial charge in [0.05, 0.1) is 0 Å². The van der Waals surface area contributed by atoms with Gasteiger partial charge < -0.3 is 26.7 Å². The highest BCUT2D eigenvalue weighted by atomic mass is 19.1. The fourth-order valence-electron chi connectivity index (χ4n) is 3.25. The molecule has 0 fully saturated rings. The van der Waals surface area contributed by atoms with E-state index in [4.69, 9.17) is 16.3 Å². The number of hydrogen-bond donors (Lipinski definition) is 4. The molecular formula is C24H36FN5O2. The Hall–Kier alpha value is -2.65. The summed E-state index contributed by atoms with van der Waals surface area (Å²) in [6, 6.07) is 10.1. The Balaban J connectivity index is 1.83. The Bertz CT molecular complexity index is 887. The molecule has 0 unspecified atom stereocenters. The maximum absolute atomic E-state index is 13.1. The molecule has 7 nitrogen and oxygen atoms in total. The minimum absolute atomic E-state index is 0.0368. The molecule has 0 heterocycles. The fourth-order valence-corrected chi connectivity index (χ4v) is 3.25. The van der Waals surface area contributed by atoms with E-state index in [0.29, 0.717) is 31.7 Å². The highest BCUT2D eigenvalue weighted by molar-refractivity contribution is 5.59. The lowest BCUT2D eigenvalue weighted by molar-refractivity contribution is -0.0376. The number of phenols is 1. The van der Waals surface area contributed by atoms with Crippen LogP contribution in [-0.4, -0.2) is 61.4 Å². The van der Waals surface area contributed by atoms with Gasteiger partial charge >= 0.3 is 0 Å². The van der Waals surface area contributed by atoms with Gasteiger partial charge in [-0.2, -0.15) is 0 Å². The number of nitrogens with two attached hydrogens (primary N) is 2. The number of aromatic hydroxyl groups is 1. The van der Waals surface area contributed by atoms with Gasteiger partial charge in [0, 0.05) is 75.8 Å². The van der Waals surface area contributed by atoms with E-state index in [9.17, 15) is 9.50 Å². The van der Waals surface area contributed by atoms with Crippen molar-refractivity contribution >= 4 is 6.08 Å². The zero-order valence-electron chi connectivity index (χ0n) is 19.3. The number of nitrogens with zero attached hydrogens (tertiary/aromatic N) is 2. The van der Waals surface area contributed by atoms with Gasteiger partial charge in [0.2, 0.25) is 0 Å². The molecule has 0 aliphatic rings. The number of benzene rings is 2. The maximum Gasteiger partial charge on any atom is 0.154 e. The van der Waals surface area contributed by atoms with Crippen LogP contribution in [0, 0.1) is 12.7 Å². The van der Waals surface area contributed by atoms with Crippen molar-refractivity contribution in [1.29, 1.82) is 0 Å². The Labute approximate surface area is 190 Å². The first-order chi connectivity index (χ1) is 15.3. The summed E-state index contributed by atoms with van der Waals surface area (Å²) >= 11 is 0. The minimum atomic E-state index is -0.446. The van der Waals surface area contributed by atoms with Crippen molar-refractivity contribution in [3.8, 4) is 11.5 Å². The average Bonchev–Trinajstić information content (AvgIpc) is 2.72. The molecule has 0 bridgehead atoms. The summed E-state index contributed by atoms with van der Waals surface area (Å²) in [4.78, 5) is 8.31. The Morgan fingerprint density at radius 1 is 1.16 bits per heavy atom. The van der Waals surface area contributed by atoms with Crippen molar-refractivity contribution in [2.45, 2.75) is 20.4 Å². The molecule has 0 aliphatic heterocycles. The van der Waals surface area contributed by atoms with Gasteiger partial charge in [-0.05, 0) is 37.6 Å². The third-order valence-electron chi connectivity index (χ3n) is 4.95. The van der Waals surface area contributed by atoms with E-state index >= 15 is 0 Å². The highest BCUT2D eigenvalue weighted by Gasteiger charge is 2.10. The van der Waals surface area contributed by atoms with E-state index in [1.807, 2.05) is 50.2 Å². The number of hydrogen-bond acceptors (Lipinski definition) is 7. The number of allylic oxidation sites excluding steroid dienone is 1. The van der Waals surface area contributed by atoms with E-state index in [1.54, 1.807) is 6.07 Å². The van der Waals surface area contributed by atoms with E-state index in [0.717, 1.165) is 48.3 Å². The molecule has 0 atom stereocenters. The number of halogens is 1. The molecule has 0 spiro atoms. The number of likely N-dealkylation sites (N-methyl/N-ethyl adjacent to an activating group) is 1. The lowest BCUT2D eigenvalue weighted by Crippen LogP contribution is -2.40. The van der Waals surface area contributed by atoms with Crippen molar-refractivity contribution in [2.24, 2.45) is 11.5 Å². The predicted octanol–water partition coefficient (Wildman–Crippen LogP) is 2.44. The van der Waals surface area contributed by atoms with Crippen molar-refractivity contribution in [1.82, 2.24) is 15.3 Å². The molecule has 2 aromatic carbocycles. The van der Waals surface area contributed by atoms with Gasteiger partial charge in [-0.15, -0.1) is 5.06 Å². The summed E-state index contributed by atoms with van der Waals surface area (Å²) in [6.45, 7) is 8.65. The second-order valence-corrected chi connectivity index (χ2v) is 7.95. The van der Waals surface area contributed by atoms with Gasteiger partial charge in [-0.3, -0.25) is 4.90 Å². The number of nitrogens with one attached hydrogen (secondary N) is 1. The summed E-state index contributed by atoms with van der Waals surface area (Å²) in [7, 11) is 1.90. The Morgan fingerprint density at radius 3 is 2.62 bits per heavy atom. The summed E-state index contributed by atoms with van der Waals surface area (Å²) in [5.74, 6) is 0.285. The molecular weight excluding hydrogens is 409 g/mol. The SMILES string of the molecule is C/C(N)=C/c1ccc(C)cc1ON(C)CCN(CCN)CCNCc1ccc(F)cc1O. The van der Waals surface area contributed by atoms with Crippen molar-refractivity contribution in [3.63, 3.8) is 0 Å². The molecule has 0 saturated carbocycles. The summed E-state index contributed by atoms with van der Waals surface area (Å²) in [5, 5.41) is 14.9. The maximum atomic E-state index is 13.1. The van der Waals surface area contributed by atoms with Crippen LogP contribution in [0.4, 0.5) is 4.39 Å². The molecule has 0 amide bonds. The first kappa shape index (κ1) is 25.6. The highest BCUT2D eigenvalue weighted by Crippen LogP contribution is 2.23. The normalized spacial score (nSPS) is 12.0. The van der Waals surface area contributed by atoms with Crippen LogP contribution in [0.3, 0.4) is 0 Å². The van der Waals surface area contributed by atoms with Crippen molar-refractivity contribution in [2.75, 3.05) is 46.3 Å². The van der Waals surface area contributed by atoms with Crippen LogP contribution in [0.25, 0.3) is 6.08 Å². The summed E-state index contributed by atoms with van der Waals surface area (Å²) in [6.07, 6.45) is 1.90. The van der Waals surface area contributed by atoms with Crippen LogP contribution in [0.1, 0.15) is 23.6 Å². The van der Waals surface area contributed by atoms with Gasteiger partial charge in [0.15, 0.2) is 5.75 Å². The van der Waals surface area contributed by atoms with E-state index in [1.165, 1.54) is 6.07 Å². The van der Waals surface area contributed by atoms with Crippen LogP contribution < -0.4 is 21.6 Å². The Kier molecular flexibility index (Phi) is 10.4. The first-order valence-corrected chi connectivity index (χ1v) is 10.8. The molecule has 0 saturated heterocycles. The fraction of sp³-hybridized carbons (Fsp3) is 0.417. The van der Waals surface area contributed by atoms with Gasteiger partial charge in [0.25, 0.3) is 0 Å². The van der Waals surface area contributed by atoms with Crippen LogP contribution in [0.5, 0.6) is 11.5 Å². The lowest BCUT2D eigenvalue weighted by Gasteiger charge is -2.25. The molecule has 0 aliphatic carbocycles. The van der Waals surface area contributed by atoms with E-state index in [2.05, 4.69) is 10.2 Å². The first-order valence-electron chi connectivity index (χ1n) is 10.8. The average molecular weight is 446 g/mol. The van der Waals surface area contributed by atoms with Crippen LogP contribution >= 0.6 is 0 Å². The third kappa shape index (κ3) is 8.84. The molecule has 2 rings (SSSR count). The topological polar surface area (TPSA) is 100 Å². The van der Waals surface area contributed by atoms with Crippen molar-refractivity contribution in [3.05, 3.63) is 64.6 Å². The predicted molar refractivity (Wildman–Crippen MR) is 128 cm³/mol. The zero-order valence-corrected chi connectivity index (χ0v) is 19.3. The largest absolute Gasteiger partial charge is 0.508 e. The molecule has 0 radical (unpaired) electrons. The van der Waals surface area contributed by atoms with Crippen molar-refractivity contribution < 1.29 is 14.3 Å². The standard InChI is InChI=1S/C24H36FN5O2/c1-18-4-5-20(15-19(2)27)24(14-18)32-29(3)12-13-30(10-8-26)11-9-28-17-21-6-7-22(25)16-23(21)31/h4-7,14-16,28,31H,8-13,17,26-27H2,1-3H3/b19-15-. The molecule has 2 aromatic rings. The lowest BCUT2D eigenvalue weighted by atomic mass is 10.1. The number of aryl methyl sites for hydroxylation is 1. The summed E-state index contributed by atoms with van der Waals surface area (Å²) in [5.41, 5.74) is 15.1. The van der Waals surface area contributed by atoms with E-state index < -0.39 is 5.82 Å². The van der Waals surface area contributed by atoms with Crippen LogP contribution in [-0.2, 0) is 6.54 Å². The molecule has 0 aromatic heterocycles. The third-order valence-corrected chi connectivity index (χ3v) is 4.95. The quantitative estimate of drug-likeness (QED) is 0.278.